The van der Waals surface area contributed by atoms with Gasteiger partial charge in [0.15, 0.2) is 0 Å². The minimum Gasteiger partial charge on any atom is -0.340 e. The summed E-state index contributed by atoms with van der Waals surface area (Å²) >= 11 is 0. The Balaban J connectivity index is 0.00000200. The van der Waals surface area contributed by atoms with Crippen molar-refractivity contribution < 1.29 is 4.79 Å². The van der Waals surface area contributed by atoms with Crippen molar-refractivity contribution in [3.63, 3.8) is 0 Å². The lowest BCUT2D eigenvalue weighted by molar-refractivity contribution is -0.131. The maximum atomic E-state index is 12.2. The number of rotatable bonds is 4. The highest BCUT2D eigenvalue weighted by Crippen LogP contribution is 2.09. The maximum Gasteiger partial charge on any atom is 0.236 e. The van der Waals surface area contributed by atoms with E-state index in [-0.39, 0.29) is 30.7 Å². The number of carbonyl (C=O) groups excluding carboxylic acids is 1. The van der Waals surface area contributed by atoms with Gasteiger partial charge in [-0.25, -0.2) is 0 Å². The molecular formula is C15H25Cl2N3O. The van der Waals surface area contributed by atoms with Crippen molar-refractivity contribution in [1.82, 2.24) is 15.1 Å². The van der Waals surface area contributed by atoms with Gasteiger partial charge in [-0.1, -0.05) is 24.3 Å². The number of nitrogens with one attached hydrogen (secondary N) is 1. The van der Waals surface area contributed by atoms with Crippen LogP contribution in [0.3, 0.4) is 0 Å². The Labute approximate surface area is 139 Å². The smallest absolute Gasteiger partial charge is 0.236 e. The second kappa shape index (κ2) is 10.0. The molecule has 0 bridgehead atoms. The Morgan fingerprint density at radius 2 is 1.86 bits per heavy atom. The number of halogens is 2. The van der Waals surface area contributed by atoms with E-state index in [9.17, 15) is 4.79 Å². The number of aryl methyl sites for hydroxylation is 1. The van der Waals surface area contributed by atoms with E-state index >= 15 is 0 Å². The highest BCUT2D eigenvalue weighted by molar-refractivity contribution is 5.85. The third kappa shape index (κ3) is 6.22. The molecule has 0 saturated carbocycles. The molecule has 0 spiro atoms. The largest absolute Gasteiger partial charge is 0.340 e. The normalized spacial score (nSPS) is 14.8. The summed E-state index contributed by atoms with van der Waals surface area (Å²) in [4.78, 5) is 16.2. The molecule has 1 aliphatic heterocycles. The van der Waals surface area contributed by atoms with Crippen molar-refractivity contribution in [2.45, 2.75) is 13.5 Å². The van der Waals surface area contributed by atoms with Crippen LogP contribution in [0.5, 0.6) is 0 Å². The number of amides is 1. The molecule has 1 N–H and O–H groups in total. The van der Waals surface area contributed by atoms with Crippen LogP contribution in [0.1, 0.15) is 11.1 Å². The summed E-state index contributed by atoms with van der Waals surface area (Å²) in [6.07, 6.45) is 0. The standard InChI is InChI=1S/C15H23N3O.2ClH/c1-13-5-3-4-6-14(13)11-17(2)15(19)12-18-9-7-16-8-10-18;;/h3-6,16H,7-12H2,1-2H3;2*1H. The third-order valence-corrected chi connectivity index (χ3v) is 3.66. The first-order valence-electron chi connectivity index (χ1n) is 6.88. The van der Waals surface area contributed by atoms with Gasteiger partial charge >= 0.3 is 0 Å². The van der Waals surface area contributed by atoms with E-state index in [0.717, 1.165) is 26.2 Å². The van der Waals surface area contributed by atoms with Gasteiger partial charge in [-0.3, -0.25) is 9.69 Å². The zero-order valence-electron chi connectivity index (χ0n) is 12.7. The van der Waals surface area contributed by atoms with Crippen LogP contribution in [0.15, 0.2) is 24.3 Å². The van der Waals surface area contributed by atoms with E-state index < -0.39 is 0 Å². The zero-order chi connectivity index (χ0) is 13.7. The first-order valence-corrected chi connectivity index (χ1v) is 6.88. The van der Waals surface area contributed by atoms with Crippen molar-refractivity contribution in [1.29, 1.82) is 0 Å². The summed E-state index contributed by atoms with van der Waals surface area (Å²) in [5.74, 6) is 0.199. The van der Waals surface area contributed by atoms with Crippen LogP contribution < -0.4 is 5.32 Å². The van der Waals surface area contributed by atoms with E-state index in [4.69, 9.17) is 0 Å². The molecule has 1 aromatic rings. The average molecular weight is 334 g/mol. The van der Waals surface area contributed by atoms with Gasteiger partial charge in [-0.2, -0.15) is 0 Å². The van der Waals surface area contributed by atoms with E-state index in [2.05, 4.69) is 29.3 Å². The Morgan fingerprint density at radius 1 is 1.24 bits per heavy atom. The van der Waals surface area contributed by atoms with Crippen LogP contribution in [0, 0.1) is 6.92 Å². The van der Waals surface area contributed by atoms with Crippen LogP contribution in [-0.2, 0) is 11.3 Å². The van der Waals surface area contributed by atoms with E-state index in [0.29, 0.717) is 13.1 Å². The topological polar surface area (TPSA) is 35.6 Å². The maximum absolute atomic E-state index is 12.2. The molecule has 1 fully saturated rings. The summed E-state index contributed by atoms with van der Waals surface area (Å²) in [5.41, 5.74) is 2.46. The van der Waals surface area contributed by atoms with E-state index in [1.165, 1.54) is 11.1 Å². The van der Waals surface area contributed by atoms with Crippen molar-refractivity contribution in [2.24, 2.45) is 0 Å². The third-order valence-electron chi connectivity index (χ3n) is 3.66. The van der Waals surface area contributed by atoms with Crippen LogP contribution >= 0.6 is 24.8 Å². The molecule has 1 aromatic carbocycles. The number of likely N-dealkylation sites (N-methyl/N-ethyl adjacent to an activating group) is 1. The Hall–Kier alpha value is -0.810. The lowest BCUT2D eigenvalue weighted by Gasteiger charge is -2.28. The van der Waals surface area contributed by atoms with Gasteiger partial charge in [-0.05, 0) is 18.1 Å². The molecule has 0 aliphatic carbocycles. The lowest BCUT2D eigenvalue weighted by Crippen LogP contribution is -2.47. The molecule has 21 heavy (non-hydrogen) atoms. The number of hydrogen-bond acceptors (Lipinski definition) is 3. The molecule has 1 amide bonds. The minimum absolute atomic E-state index is 0. The minimum atomic E-state index is 0. The molecule has 0 atom stereocenters. The highest BCUT2D eigenvalue weighted by Gasteiger charge is 2.16. The molecule has 0 aromatic heterocycles. The molecule has 120 valence electrons. The average Bonchev–Trinajstić information content (AvgIpc) is 2.42. The van der Waals surface area contributed by atoms with Gasteiger partial charge in [0.25, 0.3) is 0 Å². The van der Waals surface area contributed by atoms with Gasteiger partial charge in [-0.15, -0.1) is 24.8 Å². The van der Waals surface area contributed by atoms with Crippen LogP contribution in [0.2, 0.25) is 0 Å². The summed E-state index contributed by atoms with van der Waals surface area (Å²) < 4.78 is 0. The predicted octanol–water partition coefficient (Wildman–Crippen LogP) is 1.70. The first kappa shape index (κ1) is 20.2. The SMILES string of the molecule is Cc1ccccc1CN(C)C(=O)CN1CCNCC1.Cl.Cl. The molecule has 6 heteroatoms. The van der Waals surface area contributed by atoms with Gasteiger partial charge in [0.05, 0.1) is 6.54 Å². The van der Waals surface area contributed by atoms with Gasteiger partial charge in [0.1, 0.15) is 0 Å². The van der Waals surface area contributed by atoms with Crippen molar-refractivity contribution in [3.05, 3.63) is 35.4 Å². The predicted molar refractivity (Wildman–Crippen MR) is 91.5 cm³/mol. The van der Waals surface area contributed by atoms with Gasteiger partial charge in [0.2, 0.25) is 5.91 Å². The fourth-order valence-electron chi connectivity index (χ4n) is 2.31. The number of benzene rings is 1. The fraction of sp³-hybridized carbons (Fsp3) is 0.533. The monoisotopic (exact) mass is 333 g/mol. The summed E-state index contributed by atoms with van der Waals surface area (Å²) in [5, 5.41) is 3.30. The zero-order valence-corrected chi connectivity index (χ0v) is 14.3. The Morgan fingerprint density at radius 3 is 2.48 bits per heavy atom. The summed E-state index contributed by atoms with van der Waals surface area (Å²) in [7, 11) is 1.89. The van der Waals surface area contributed by atoms with Crippen molar-refractivity contribution in [2.75, 3.05) is 39.8 Å². The van der Waals surface area contributed by atoms with Gasteiger partial charge in [0, 0.05) is 39.8 Å². The molecular weight excluding hydrogens is 309 g/mol. The number of piperazine rings is 1. The number of hydrogen-bond donors (Lipinski definition) is 1. The molecule has 1 saturated heterocycles. The van der Waals surface area contributed by atoms with E-state index in [1.807, 2.05) is 24.1 Å². The molecule has 1 aliphatic rings. The summed E-state index contributed by atoms with van der Waals surface area (Å²) in [6, 6.07) is 8.23. The molecule has 0 radical (unpaired) electrons. The number of nitrogens with zero attached hydrogens (tertiary/aromatic N) is 2. The van der Waals surface area contributed by atoms with Crippen molar-refractivity contribution >= 4 is 30.7 Å². The Kier molecular flexibility index (Phi) is 9.62. The number of carbonyl (C=O) groups is 1. The second-order valence-corrected chi connectivity index (χ2v) is 5.20. The molecule has 0 unspecified atom stereocenters. The molecule has 2 rings (SSSR count). The molecule has 1 heterocycles. The van der Waals surface area contributed by atoms with Crippen LogP contribution in [0.25, 0.3) is 0 Å². The fourth-order valence-corrected chi connectivity index (χ4v) is 2.31. The lowest BCUT2D eigenvalue weighted by atomic mass is 10.1. The highest BCUT2D eigenvalue weighted by atomic mass is 35.5. The van der Waals surface area contributed by atoms with Crippen LogP contribution in [0.4, 0.5) is 0 Å². The van der Waals surface area contributed by atoms with Crippen molar-refractivity contribution in [3.8, 4) is 0 Å². The Bertz CT molecular complexity index is 437. The summed E-state index contributed by atoms with van der Waals surface area (Å²) in [6.45, 7) is 7.20. The quantitative estimate of drug-likeness (QED) is 0.910. The first-order chi connectivity index (χ1) is 9.16. The van der Waals surface area contributed by atoms with Gasteiger partial charge < -0.3 is 10.2 Å². The molecule has 4 nitrogen and oxygen atoms in total. The van der Waals surface area contributed by atoms with E-state index in [1.54, 1.807) is 0 Å². The van der Waals surface area contributed by atoms with Crippen LogP contribution in [-0.4, -0.2) is 55.5 Å². The second-order valence-electron chi connectivity index (χ2n) is 5.20.